The van der Waals surface area contributed by atoms with Gasteiger partial charge in [-0.25, -0.2) is 4.79 Å². The van der Waals surface area contributed by atoms with Crippen molar-refractivity contribution in [2.75, 3.05) is 19.0 Å². The number of piperidine rings is 1. The lowest BCUT2D eigenvalue weighted by Gasteiger charge is -2.48. The molecular formula is C22H27N3O4. The molecule has 7 heteroatoms. The minimum absolute atomic E-state index is 0.256. The standard InChI is InChI=1S/C22H27N3O4/c1-15(26)23-20-19(16-7-5-4-6-8-16)25(14-13-22(20,2)28)21(27)24-17-9-11-18(29-3)12-10-17/h4-12,19-20,28H,13-14H2,1-3H3,(H,23,26)(H,24,27). The number of carbonyl (C=O) groups excluding carboxylic acids is 2. The average Bonchev–Trinajstić information content (AvgIpc) is 2.70. The molecule has 154 valence electrons. The van der Waals surface area contributed by atoms with Gasteiger partial charge in [0.2, 0.25) is 5.91 Å². The van der Waals surface area contributed by atoms with Crippen LogP contribution in [-0.2, 0) is 4.79 Å². The second kappa shape index (κ2) is 8.53. The van der Waals surface area contributed by atoms with Gasteiger partial charge in [0.05, 0.1) is 24.8 Å². The number of likely N-dealkylation sites (tertiary alicyclic amines) is 1. The van der Waals surface area contributed by atoms with Crippen molar-refractivity contribution in [3.8, 4) is 5.75 Å². The minimum Gasteiger partial charge on any atom is -0.497 e. The van der Waals surface area contributed by atoms with Crippen LogP contribution in [0.25, 0.3) is 0 Å². The first-order valence-electron chi connectivity index (χ1n) is 9.58. The molecule has 3 rings (SSSR count). The van der Waals surface area contributed by atoms with Crippen LogP contribution in [0.3, 0.4) is 0 Å². The van der Waals surface area contributed by atoms with Crippen molar-refractivity contribution in [1.29, 1.82) is 0 Å². The number of nitrogens with one attached hydrogen (secondary N) is 2. The quantitative estimate of drug-likeness (QED) is 0.740. The van der Waals surface area contributed by atoms with Crippen LogP contribution >= 0.6 is 0 Å². The molecule has 3 amide bonds. The Morgan fingerprint density at radius 1 is 1.14 bits per heavy atom. The van der Waals surface area contributed by atoms with E-state index in [0.717, 1.165) is 5.56 Å². The van der Waals surface area contributed by atoms with Gasteiger partial charge in [0.1, 0.15) is 5.75 Å². The Morgan fingerprint density at radius 3 is 2.38 bits per heavy atom. The molecule has 0 saturated carbocycles. The summed E-state index contributed by atoms with van der Waals surface area (Å²) < 4.78 is 5.15. The van der Waals surface area contributed by atoms with Crippen LogP contribution in [-0.4, -0.2) is 47.2 Å². The molecule has 1 saturated heterocycles. The highest BCUT2D eigenvalue weighted by Crippen LogP contribution is 2.37. The van der Waals surface area contributed by atoms with Gasteiger partial charge in [-0.2, -0.15) is 0 Å². The summed E-state index contributed by atoms with van der Waals surface area (Å²) in [5.74, 6) is 0.443. The smallest absolute Gasteiger partial charge is 0.322 e. The van der Waals surface area contributed by atoms with Gasteiger partial charge in [0.25, 0.3) is 0 Å². The maximum absolute atomic E-state index is 13.1. The highest BCUT2D eigenvalue weighted by Gasteiger charge is 2.47. The SMILES string of the molecule is COc1ccc(NC(=O)N2CCC(C)(O)C(NC(C)=O)C2c2ccccc2)cc1. The summed E-state index contributed by atoms with van der Waals surface area (Å²) in [7, 11) is 1.58. The fourth-order valence-corrected chi connectivity index (χ4v) is 3.73. The van der Waals surface area contributed by atoms with Crippen LogP contribution < -0.4 is 15.4 Å². The number of ether oxygens (including phenoxy) is 1. The number of hydrogen-bond acceptors (Lipinski definition) is 4. The molecular weight excluding hydrogens is 370 g/mol. The lowest BCUT2D eigenvalue weighted by molar-refractivity contribution is -0.125. The van der Waals surface area contributed by atoms with Crippen molar-refractivity contribution >= 4 is 17.6 Å². The summed E-state index contributed by atoms with van der Waals surface area (Å²) in [6.45, 7) is 3.46. The third-order valence-corrected chi connectivity index (χ3v) is 5.28. The van der Waals surface area contributed by atoms with Crippen molar-refractivity contribution in [3.05, 3.63) is 60.2 Å². The summed E-state index contributed by atoms with van der Waals surface area (Å²) in [4.78, 5) is 26.7. The zero-order valence-corrected chi connectivity index (χ0v) is 16.9. The summed E-state index contributed by atoms with van der Waals surface area (Å²) in [6, 6.07) is 15.1. The van der Waals surface area contributed by atoms with E-state index in [4.69, 9.17) is 4.74 Å². The van der Waals surface area contributed by atoms with Crippen molar-refractivity contribution < 1.29 is 19.4 Å². The Morgan fingerprint density at radius 2 is 1.79 bits per heavy atom. The predicted octanol–water partition coefficient (Wildman–Crippen LogP) is 2.93. The second-order valence-electron chi connectivity index (χ2n) is 7.49. The van der Waals surface area contributed by atoms with Crippen molar-refractivity contribution in [1.82, 2.24) is 10.2 Å². The number of amides is 3. The summed E-state index contributed by atoms with van der Waals surface area (Å²) in [5, 5.41) is 16.7. The number of anilines is 1. The van der Waals surface area contributed by atoms with Gasteiger partial charge in [-0.05, 0) is 43.2 Å². The topological polar surface area (TPSA) is 90.9 Å². The highest BCUT2D eigenvalue weighted by atomic mass is 16.5. The van der Waals surface area contributed by atoms with Crippen LogP contribution in [0, 0.1) is 0 Å². The summed E-state index contributed by atoms with van der Waals surface area (Å²) in [5.41, 5.74) is 0.329. The summed E-state index contributed by atoms with van der Waals surface area (Å²) >= 11 is 0. The molecule has 0 spiro atoms. The number of carbonyl (C=O) groups is 2. The first-order chi connectivity index (χ1) is 13.8. The monoisotopic (exact) mass is 397 g/mol. The predicted molar refractivity (Wildman–Crippen MR) is 111 cm³/mol. The number of rotatable bonds is 4. The van der Waals surface area contributed by atoms with Gasteiger partial charge >= 0.3 is 6.03 Å². The van der Waals surface area contributed by atoms with E-state index in [9.17, 15) is 14.7 Å². The van der Waals surface area contributed by atoms with Crippen LogP contribution in [0.5, 0.6) is 5.75 Å². The Balaban J connectivity index is 1.91. The lowest BCUT2D eigenvalue weighted by Crippen LogP contribution is -2.63. The molecule has 2 aromatic carbocycles. The minimum atomic E-state index is -1.15. The third-order valence-electron chi connectivity index (χ3n) is 5.28. The number of aliphatic hydroxyl groups is 1. The number of methoxy groups -OCH3 is 1. The van der Waals surface area contributed by atoms with E-state index in [0.29, 0.717) is 24.4 Å². The van der Waals surface area contributed by atoms with E-state index in [2.05, 4.69) is 10.6 Å². The van der Waals surface area contributed by atoms with E-state index in [1.807, 2.05) is 30.3 Å². The number of nitrogens with zero attached hydrogens (tertiary/aromatic N) is 1. The lowest BCUT2D eigenvalue weighted by atomic mass is 9.79. The van der Waals surface area contributed by atoms with E-state index >= 15 is 0 Å². The molecule has 29 heavy (non-hydrogen) atoms. The molecule has 0 aromatic heterocycles. The maximum atomic E-state index is 13.1. The van der Waals surface area contributed by atoms with E-state index < -0.39 is 17.7 Å². The van der Waals surface area contributed by atoms with Gasteiger partial charge in [-0.1, -0.05) is 30.3 Å². The largest absolute Gasteiger partial charge is 0.497 e. The molecule has 3 unspecified atom stereocenters. The van der Waals surface area contributed by atoms with Gasteiger partial charge in [-0.3, -0.25) is 4.79 Å². The molecule has 3 N–H and O–H groups in total. The molecule has 1 aliphatic heterocycles. The van der Waals surface area contributed by atoms with Crippen LogP contribution in [0.4, 0.5) is 10.5 Å². The molecule has 1 fully saturated rings. The van der Waals surface area contributed by atoms with Crippen molar-refractivity contribution in [3.63, 3.8) is 0 Å². The average molecular weight is 397 g/mol. The summed E-state index contributed by atoms with van der Waals surface area (Å²) in [6.07, 6.45) is 0.345. The van der Waals surface area contributed by atoms with Gasteiger partial charge in [0, 0.05) is 19.2 Å². The van der Waals surface area contributed by atoms with Crippen LogP contribution in [0.1, 0.15) is 31.9 Å². The molecule has 0 bridgehead atoms. The first-order valence-corrected chi connectivity index (χ1v) is 9.58. The van der Waals surface area contributed by atoms with Gasteiger partial charge in [0.15, 0.2) is 0 Å². The number of benzene rings is 2. The highest BCUT2D eigenvalue weighted by molar-refractivity contribution is 5.90. The number of hydrogen-bond donors (Lipinski definition) is 3. The zero-order valence-electron chi connectivity index (χ0n) is 16.9. The first kappa shape index (κ1) is 20.7. The molecule has 1 aliphatic rings. The van der Waals surface area contributed by atoms with E-state index in [-0.39, 0.29) is 11.9 Å². The van der Waals surface area contributed by atoms with E-state index in [1.165, 1.54) is 6.92 Å². The van der Waals surface area contributed by atoms with Crippen LogP contribution in [0.2, 0.25) is 0 Å². The van der Waals surface area contributed by atoms with Crippen LogP contribution in [0.15, 0.2) is 54.6 Å². The van der Waals surface area contributed by atoms with Crippen molar-refractivity contribution in [2.45, 2.75) is 38.0 Å². The zero-order chi connectivity index (χ0) is 21.0. The molecule has 0 radical (unpaired) electrons. The van der Waals surface area contributed by atoms with E-state index in [1.54, 1.807) is 43.2 Å². The van der Waals surface area contributed by atoms with Gasteiger partial charge < -0.3 is 25.4 Å². The number of urea groups is 1. The maximum Gasteiger partial charge on any atom is 0.322 e. The Hall–Kier alpha value is -3.06. The fourth-order valence-electron chi connectivity index (χ4n) is 3.73. The third kappa shape index (κ3) is 4.68. The molecule has 7 nitrogen and oxygen atoms in total. The Labute approximate surface area is 170 Å². The Kier molecular flexibility index (Phi) is 6.08. The molecule has 3 atom stereocenters. The Bertz CT molecular complexity index is 852. The second-order valence-corrected chi connectivity index (χ2v) is 7.49. The van der Waals surface area contributed by atoms with Crippen molar-refractivity contribution in [2.24, 2.45) is 0 Å². The molecule has 1 heterocycles. The van der Waals surface area contributed by atoms with Gasteiger partial charge in [-0.15, -0.1) is 0 Å². The molecule has 0 aliphatic carbocycles. The normalized spacial score (nSPS) is 23.9. The molecule has 2 aromatic rings. The fraction of sp³-hybridized carbons (Fsp3) is 0.364.